The third-order valence-corrected chi connectivity index (χ3v) is 17.4. The van der Waals surface area contributed by atoms with E-state index in [1.165, 1.54) is 327 Å². The van der Waals surface area contributed by atoms with Crippen molar-refractivity contribution in [2.24, 2.45) is 0 Å². The summed E-state index contributed by atoms with van der Waals surface area (Å²) in [5.41, 5.74) is 0. The molecule has 2 unspecified atom stereocenters. The van der Waals surface area contributed by atoms with Crippen molar-refractivity contribution in [3.8, 4) is 0 Å². The number of nitrogens with one attached hydrogen (secondary N) is 1. The number of carbonyl (C=O) groups excluding carboxylic acids is 2. The quantitative estimate of drug-likeness (QED) is 0.0320. The Morgan fingerprint density at radius 3 is 0.951 bits per heavy atom. The van der Waals surface area contributed by atoms with Gasteiger partial charge in [-0.15, -0.1) is 0 Å². The molecular weight excluding hydrogens is 1010 g/mol. The summed E-state index contributed by atoms with van der Waals surface area (Å²) in [4.78, 5) is 24.7. The lowest BCUT2D eigenvalue weighted by atomic mass is 10.0. The molecular formula is C76H145NO5. The van der Waals surface area contributed by atoms with Gasteiger partial charge in [0.1, 0.15) is 0 Å². The maximum absolute atomic E-state index is 12.6. The minimum Gasteiger partial charge on any atom is -0.466 e. The van der Waals surface area contributed by atoms with Crippen LogP contribution in [0.4, 0.5) is 0 Å². The van der Waals surface area contributed by atoms with E-state index >= 15 is 0 Å². The van der Waals surface area contributed by atoms with Crippen molar-refractivity contribution in [1.82, 2.24) is 5.32 Å². The van der Waals surface area contributed by atoms with E-state index in [1.54, 1.807) is 0 Å². The van der Waals surface area contributed by atoms with E-state index in [2.05, 4.69) is 55.6 Å². The van der Waals surface area contributed by atoms with Crippen LogP contribution in [0.1, 0.15) is 412 Å². The number of aliphatic hydroxyl groups is 2. The Hall–Kier alpha value is -1.92. The minimum absolute atomic E-state index is 0.00692. The summed E-state index contributed by atoms with van der Waals surface area (Å²) in [6.45, 7) is 4.97. The van der Waals surface area contributed by atoms with Gasteiger partial charge in [0.2, 0.25) is 5.91 Å². The van der Waals surface area contributed by atoms with Crippen molar-refractivity contribution >= 4 is 11.9 Å². The molecule has 0 bridgehead atoms. The second kappa shape index (κ2) is 71.6. The van der Waals surface area contributed by atoms with Gasteiger partial charge in [0.15, 0.2) is 0 Å². The maximum atomic E-state index is 12.6. The Kier molecular flexibility index (Phi) is 69.9. The molecule has 3 N–H and O–H groups in total. The third kappa shape index (κ3) is 67.2. The topological polar surface area (TPSA) is 95.9 Å². The molecule has 82 heavy (non-hydrogen) atoms. The lowest BCUT2D eigenvalue weighted by Gasteiger charge is -2.22. The van der Waals surface area contributed by atoms with Gasteiger partial charge in [0.05, 0.1) is 25.4 Å². The Bertz CT molecular complexity index is 1330. The van der Waals surface area contributed by atoms with E-state index in [-0.39, 0.29) is 18.5 Å². The summed E-state index contributed by atoms with van der Waals surface area (Å²) >= 11 is 0. The number of carbonyl (C=O) groups is 2. The number of allylic oxidation sites excluding steroid dienone is 6. The highest BCUT2D eigenvalue weighted by Gasteiger charge is 2.20. The van der Waals surface area contributed by atoms with Gasteiger partial charge in [0.25, 0.3) is 0 Å². The second-order valence-electron chi connectivity index (χ2n) is 25.6. The van der Waals surface area contributed by atoms with Gasteiger partial charge in [0, 0.05) is 12.8 Å². The van der Waals surface area contributed by atoms with E-state index < -0.39 is 12.1 Å². The molecule has 0 aromatic carbocycles. The zero-order valence-corrected chi connectivity index (χ0v) is 55.5. The monoisotopic (exact) mass is 1150 g/mol. The van der Waals surface area contributed by atoms with Crippen LogP contribution in [0.15, 0.2) is 36.5 Å². The van der Waals surface area contributed by atoms with Gasteiger partial charge in [-0.05, 0) is 83.5 Å². The number of rotatable bonds is 70. The number of ether oxygens (including phenoxy) is 1. The van der Waals surface area contributed by atoms with Crippen molar-refractivity contribution in [3.05, 3.63) is 36.5 Å². The van der Waals surface area contributed by atoms with Crippen molar-refractivity contribution < 1.29 is 24.5 Å². The van der Waals surface area contributed by atoms with E-state index in [9.17, 15) is 19.8 Å². The van der Waals surface area contributed by atoms with Gasteiger partial charge in [-0.2, -0.15) is 0 Å². The number of amides is 1. The van der Waals surface area contributed by atoms with Crippen LogP contribution in [-0.2, 0) is 14.3 Å². The first-order chi connectivity index (χ1) is 40.5. The van der Waals surface area contributed by atoms with Crippen LogP contribution in [0.5, 0.6) is 0 Å². The molecule has 0 aromatic rings. The molecule has 0 aliphatic carbocycles. The Morgan fingerprint density at radius 1 is 0.341 bits per heavy atom. The molecule has 0 saturated carbocycles. The van der Waals surface area contributed by atoms with Crippen LogP contribution in [0.25, 0.3) is 0 Å². The largest absolute Gasteiger partial charge is 0.466 e. The molecule has 0 spiro atoms. The molecule has 0 aromatic heterocycles. The Morgan fingerprint density at radius 2 is 0.610 bits per heavy atom. The van der Waals surface area contributed by atoms with E-state index in [4.69, 9.17) is 4.74 Å². The zero-order valence-electron chi connectivity index (χ0n) is 55.5. The van der Waals surface area contributed by atoms with Crippen molar-refractivity contribution in [2.75, 3.05) is 13.2 Å². The summed E-state index contributed by atoms with van der Waals surface area (Å²) in [7, 11) is 0. The molecule has 0 radical (unpaired) electrons. The zero-order chi connectivity index (χ0) is 59.2. The summed E-state index contributed by atoms with van der Waals surface area (Å²) < 4.78 is 5.50. The first kappa shape index (κ1) is 80.1. The molecule has 484 valence electrons. The minimum atomic E-state index is -0.668. The fourth-order valence-electron chi connectivity index (χ4n) is 11.7. The number of hydrogen-bond donors (Lipinski definition) is 3. The van der Waals surface area contributed by atoms with Gasteiger partial charge in [-0.1, -0.05) is 352 Å². The van der Waals surface area contributed by atoms with Crippen LogP contribution >= 0.6 is 0 Å². The lowest BCUT2D eigenvalue weighted by Crippen LogP contribution is -2.45. The smallest absolute Gasteiger partial charge is 0.305 e. The Balaban J connectivity index is 3.39. The highest BCUT2D eigenvalue weighted by atomic mass is 16.5. The fourth-order valence-corrected chi connectivity index (χ4v) is 11.7. The highest BCUT2D eigenvalue weighted by molar-refractivity contribution is 5.76. The van der Waals surface area contributed by atoms with Crippen LogP contribution in [0.2, 0.25) is 0 Å². The third-order valence-electron chi connectivity index (χ3n) is 17.4. The number of esters is 1. The molecule has 0 fully saturated rings. The molecule has 0 rings (SSSR count). The molecule has 0 aliphatic heterocycles. The van der Waals surface area contributed by atoms with E-state index in [0.717, 1.165) is 51.4 Å². The first-order valence-electron chi connectivity index (χ1n) is 37.2. The molecule has 0 saturated heterocycles. The molecule has 6 nitrogen and oxygen atoms in total. The van der Waals surface area contributed by atoms with Crippen LogP contribution in [0, 0.1) is 0 Å². The van der Waals surface area contributed by atoms with E-state index in [0.29, 0.717) is 25.9 Å². The van der Waals surface area contributed by atoms with Gasteiger partial charge < -0.3 is 20.3 Å². The normalized spacial score (nSPS) is 12.7. The summed E-state index contributed by atoms with van der Waals surface area (Å²) in [5.74, 6) is -0.0268. The molecule has 1 amide bonds. The maximum Gasteiger partial charge on any atom is 0.305 e. The lowest BCUT2D eigenvalue weighted by molar-refractivity contribution is -0.143. The molecule has 6 heteroatoms. The average molecular weight is 1150 g/mol. The number of unbranched alkanes of at least 4 members (excludes halogenated alkanes) is 53. The predicted octanol–water partition coefficient (Wildman–Crippen LogP) is 24.3. The number of hydrogen-bond acceptors (Lipinski definition) is 5. The van der Waals surface area contributed by atoms with E-state index in [1.807, 2.05) is 0 Å². The second-order valence-corrected chi connectivity index (χ2v) is 25.6. The molecule has 2 atom stereocenters. The average Bonchev–Trinajstić information content (AvgIpc) is 3.48. The predicted molar refractivity (Wildman–Crippen MR) is 361 cm³/mol. The molecule has 0 aliphatic rings. The van der Waals surface area contributed by atoms with Crippen LogP contribution in [0.3, 0.4) is 0 Å². The van der Waals surface area contributed by atoms with Crippen LogP contribution in [-0.4, -0.2) is 47.4 Å². The summed E-state index contributed by atoms with van der Waals surface area (Å²) in [6.07, 6.45) is 92.0. The van der Waals surface area contributed by atoms with Crippen molar-refractivity contribution in [1.29, 1.82) is 0 Å². The van der Waals surface area contributed by atoms with Crippen LogP contribution < -0.4 is 5.32 Å². The molecule has 0 heterocycles. The highest BCUT2D eigenvalue weighted by Crippen LogP contribution is 2.19. The van der Waals surface area contributed by atoms with Gasteiger partial charge >= 0.3 is 5.97 Å². The number of aliphatic hydroxyl groups excluding tert-OH is 2. The first-order valence-corrected chi connectivity index (χ1v) is 37.2. The summed E-state index contributed by atoms with van der Waals surface area (Å²) in [5, 5.41) is 23.4. The van der Waals surface area contributed by atoms with Crippen molar-refractivity contribution in [2.45, 2.75) is 424 Å². The summed E-state index contributed by atoms with van der Waals surface area (Å²) in [6, 6.07) is -0.545. The SMILES string of the molecule is CCCCCC/C=C\C/C=C\CCCCCCCCCC(=O)OCCCCCCCCCCCCCC/C=C\CCCCCCCCCCCC(=O)NC(CO)C(O)CCCCCCCCCCCCCCCCCCCCCCCC. The Labute approximate surface area is 513 Å². The fraction of sp³-hybridized carbons (Fsp3) is 0.895. The van der Waals surface area contributed by atoms with Crippen molar-refractivity contribution in [3.63, 3.8) is 0 Å². The van der Waals surface area contributed by atoms with Gasteiger partial charge in [-0.3, -0.25) is 9.59 Å². The van der Waals surface area contributed by atoms with Gasteiger partial charge in [-0.25, -0.2) is 0 Å². The standard InChI is InChI=1S/C76H145NO5/c1-3-5-7-9-11-13-15-17-19-21-23-24-30-33-36-40-44-48-52-56-60-64-68-74(79)73(72-78)77-75(80)69-65-61-57-53-49-45-41-37-34-31-28-26-25-27-29-32-35-39-43-47-51-55-59-63-67-71-82-76(81)70-66-62-58-54-50-46-42-38-22-20-18-16-14-12-10-8-6-4-2/h14,16,20,22,26,28,73-74,78-79H,3-13,15,17-19,21,23-25,27,29-72H2,1-2H3,(H,77,80)/b16-14-,22-20-,28-26-.